The van der Waals surface area contributed by atoms with Gasteiger partial charge in [0.05, 0.1) is 4.90 Å². The van der Waals surface area contributed by atoms with E-state index in [0.29, 0.717) is 24.6 Å². The highest BCUT2D eigenvalue weighted by atomic mass is 32.2. The zero-order chi connectivity index (χ0) is 16.6. The number of carbonyl (C=O) groups is 2. The van der Waals surface area contributed by atoms with Crippen LogP contribution in [0.1, 0.15) is 36.5 Å². The molecule has 2 fully saturated rings. The number of carbonyl (C=O) groups excluding carboxylic acids is 2. The van der Waals surface area contributed by atoms with Crippen LogP contribution in [0.2, 0.25) is 0 Å². The van der Waals surface area contributed by atoms with Gasteiger partial charge in [0, 0.05) is 31.1 Å². The van der Waals surface area contributed by atoms with E-state index in [0.717, 1.165) is 12.8 Å². The van der Waals surface area contributed by atoms with E-state index in [-0.39, 0.29) is 29.0 Å². The van der Waals surface area contributed by atoms with E-state index < -0.39 is 10.0 Å². The van der Waals surface area contributed by atoms with Crippen LogP contribution in [0.15, 0.2) is 29.2 Å². The lowest BCUT2D eigenvalue weighted by atomic mass is 10.1. The molecule has 1 atom stereocenters. The van der Waals surface area contributed by atoms with Gasteiger partial charge in [-0.05, 0) is 37.8 Å². The van der Waals surface area contributed by atoms with Crippen LogP contribution in [0.5, 0.6) is 0 Å². The lowest BCUT2D eigenvalue weighted by molar-refractivity contribution is -0.128. The van der Waals surface area contributed by atoms with Crippen LogP contribution < -0.4 is 4.72 Å². The minimum absolute atomic E-state index is 0.0226. The molecule has 1 amide bonds. The highest BCUT2D eigenvalue weighted by Gasteiger charge is 2.39. The Bertz CT molecular complexity index is 723. The Kier molecular flexibility index (Phi) is 4.25. The van der Waals surface area contributed by atoms with E-state index in [2.05, 4.69) is 4.72 Å². The molecule has 1 aliphatic carbocycles. The topological polar surface area (TPSA) is 83.5 Å². The van der Waals surface area contributed by atoms with Gasteiger partial charge < -0.3 is 4.90 Å². The van der Waals surface area contributed by atoms with E-state index in [1.165, 1.54) is 31.2 Å². The van der Waals surface area contributed by atoms with Gasteiger partial charge in [0.1, 0.15) is 0 Å². The summed E-state index contributed by atoms with van der Waals surface area (Å²) < 4.78 is 27.1. The fraction of sp³-hybridized carbons (Fsp3) is 0.500. The molecule has 1 unspecified atom stereocenters. The highest BCUT2D eigenvalue weighted by molar-refractivity contribution is 7.89. The Morgan fingerprint density at radius 1 is 1.26 bits per heavy atom. The van der Waals surface area contributed by atoms with Gasteiger partial charge >= 0.3 is 0 Å². The number of likely N-dealkylation sites (tertiary alicyclic amines) is 1. The van der Waals surface area contributed by atoms with E-state index in [9.17, 15) is 18.0 Å². The molecule has 1 aromatic rings. The number of hydrogen-bond donors (Lipinski definition) is 1. The minimum Gasteiger partial charge on any atom is -0.339 e. The maximum absolute atomic E-state index is 12.3. The van der Waals surface area contributed by atoms with E-state index in [4.69, 9.17) is 0 Å². The van der Waals surface area contributed by atoms with Gasteiger partial charge in [-0.2, -0.15) is 0 Å². The summed E-state index contributed by atoms with van der Waals surface area (Å²) in [6, 6.07) is 6.24. The van der Waals surface area contributed by atoms with Gasteiger partial charge in [-0.25, -0.2) is 13.1 Å². The highest BCUT2D eigenvalue weighted by Crippen LogP contribution is 2.32. The fourth-order valence-corrected chi connectivity index (χ4v) is 3.98. The summed E-state index contributed by atoms with van der Waals surface area (Å²) in [7, 11) is -3.62. The first kappa shape index (κ1) is 16.1. The number of rotatable bonds is 6. The zero-order valence-electron chi connectivity index (χ0n) is 13.0. The smallest absolute Gasteiger partial charge is 0.240 e. The number of amides is 1. The molecule has 23 heavy (non-hydrogen) atoms. The average molecular weight is 336 g/mol. The number of ketones is 1. The molecule has 0 bridgehead atoms. The zero-order valence-corrected chi connectivity index (χ0v) is 13.8. The second-order valence-corrected chi connectivity index (χ2v) is 8.05. The van der Waals surface area contributed by atoms with Gasteiger partial charge in [0.25, 0.3) is 0 Å². The normalized spacial score (nSPS) is 21.7. The van der Waals surface area contributed by atoms with Crippen LogP contribution in [0.4, 0.5) is 0 Å². The van der Waals surface area contributed by atoms with Crippen molar-refractivity contribution in [2.75, 3.05) is 13.1 Å². The molecule has 0 radical (unpaired) electrons. The van der Waals surface area contributed by atoms with E-state index in [1.54, 1.807) is 0 Å². The Balaban J connectivity index is 1.60. The van der Waals surface area contributed by atoms with Crippen molar-refractivity contribution in [3.63, 3.8) is 0 Å². The Labute approximate surface area is 135 Å². The lowest BCUT2D eigenvalue weighted by Crippen LogP contribution is -2.32. The van der Waals surface area contributed by atoms with Gasteiger partial charge in [-0.3, -0.25) is 9.59 Å². The molecular weight excluding hydrogens is 316 g/mol. The summed E-state index contributed by atoms with van der Waals surface area (Å²) in [5.41, 5.74) is 0.477. The van der Waals surface area contributed by atoms with E-state index in [1.807, 2.05) is 4.90 Å². The molecule has 1 aromatic carbocycles. The largest absolute Gasteiger partial charge is 0.339 e. The Morgan fingerprint density at radius 2 is 1.91 bits per heavy atom. The third-order valence-corrected chi connectivity index (χ3v) is 5.80. The second-order valence-electron chi connectivity index (χ2n) is 6.28. The van der Waals surface area contributed by atoms with Crippen molar-refractivity contribution in [1.82, 2.24) is 9.62 Å². The summed E-state index contributed by atoms with van der Waals surface area (Å²) in [6.07, 6.45) is 2.53. The van der Waals surface area contributed by atoms with Crippen molar-refractivity contribution in [3.8, 4) is 0 Å². The quantitative estimate of drug-likeness (QED) is 0.791. The number of nitrogens with zero attached hydrogens (tertiary/aromatic N) is 1. The molecule has 124 valence electrons. The fourth-order valence-electron chi connectivity index (χ4n) is 2.86. The van der Waals surface area contributed by atoms with Gasteiger partial charge in [-0.15, -0.1) is 0 Å². The monoisotopic (exact) mass is 336 g/mol. The molecule has 1 heterocycles. The van der Waals surface area contributed by atoms with Gasteiger partial charge in [-0.1, -0.05) is 12.1 Å². The van der Waals surface area contributed by atoms with Crippen LogP contribution in [0.3, 0.4) is 0 Å². The summed E-state index contributed by atoms with van der Waals surface area (Å²) in [5.74, 6) is 0.0448. The number of hydrogen-bond acceptors (Lipinski definition) is 4. The summed E-state index contributed by atoms with van der Waals surface area (Å²) in [6.45, 7) is 2.32. The van der Waals surface area contributed by atoms with Gasteiger partial charge in [0.2, 0.25) is 15.9 Å². The van der Waals surface area contributed by atoms with Crippen molar-refractivity contribution >= 4 is 21.7 Å². The third kappa shape index (κ3) is 3.61. The average Bonchev–Trinajstić information content (AvgIpc) is 3.29. The number of Topliss-reactive ketones (excluding diaryl/α,β-unsaturated/α-hetero) is 1. The summed E-state index contributed by atoms with van der Waals surface area (Å²) in [4.78, 5) is 25.1. The molecule has 1 saturated heterocycles. The first-order chi connectivity index (χ1) is 10.9. The summed E-state index contributed by atoms with van der Waals surface area (Å²) >= 11 is 0. The number of nitrogens with one attached hydrogen (secondary N) is 1. The van der Waals surface area contributed by atoms with Crippen molar-refractivity contribution in [1.29, 1.82) is 0 Å². The predicted molar refractivity (Wildman–Crippen MR) is 84.5 cm³/mol. The molecule has 0 spiro atoms. The van der Waals surface area contributed by atoms with Gasteiger partial charge in [0.15, 0.2) is 5.78 Å². The predicted octanol–water partition coefficient (Wildman–Crippen LogP) is 1.18. The van der Waals surface area contributed by atoms with Crippen molar-refractivity contribution in [3.05, 3.63) is 29.8 Å². The maximum atomic E-state index is 12.3. The lowest BCUT2D eigenvalue weighted by Gasteiger charge is -2.15. The minimum atomic E-state index is -3.62. The molecule has 1 N–H and O–H groups in total. The standard InChI is InChI=1S/C16H20N2O4S/c1-11(19)13-2-6-15(7-3-13)23(21,22)17-9-12-8-16(20)18(10-12)14-4-5-14/h2-3,6-7,12,14,17H,4-5,8-10H2,1H3. The van der Waals surface area contributed by atoms with Crippen LogP contribution in [0.25, 0.3) is 0 Å². The second kappa shape index (κ2) is 6.05. The molecule has 0 aromatic heterocycles. The SMILES string of the molecule is CC(=O)c1ccc(S(=O)(=O)NCC2CC(=O)N(C3CC3)C2)cc1. The van der Waals surface area contributed by atoms with Crippen LogP contribution in [-0.4, -0.2) is 44.1 Å². The maximum Gasteiger partial charge on any atom is 0.240 e. The molecule has 3 rings (SSSR count). The van der Waals surface area contributed by atoms with Crippen LogP contribution in [0, 0.1) is 5.92 Å². The van der Waals surface area contributed by atoms with Crippen LogP contribution in [-0.2, 0) is 14.8 Å². The first-order valence-corrected chi connectivity index (χ1v) is 9.25. The molecule has 6 nitrogen and oxygen atoms in total. The van der Waals surface area contributed by atoms with Crippen molar-refractivity contribution < 1.29 is 18.0 Å². The molecular formula is C16H20N2O4S. The first-order valence-electron chi connectivity index (χ1n) is 7.77. The molecule has 1 aliphatic heterocycles. The molecule has 2 aliphatic rings. The van der Waals surface area contributed by atoms with Crippen LogP contribution >= 0.6 is 0 Å². The number of sulfonamides is 1. The molecule has 7 heteroatoms. The van der Waals surface area contributed by atoms with Crippen molar-refractivity contribution in [2.45, 2.75) is 37.1 Å². The number of benzene rings is 1. The Hall–Kier alpha value is -1.73. The third-order valence-electron chi connectivity index (χ3n) is 4.36. The Morgan fingerprint density at radius 3 is 2.48 bits per heavy atom. The molecule has 1 saturated carbocycles. The van der Waals surface area contributed by atoms with Crippen molar-refractivity contribution in [2.24, 2.45) is 5.92 Å². The summed E-state index contributed by atoms with van der Waals surface area (Å²) in [5, 5.41) is 0. The van der Waals surface area contributed by atoms with E-state index >= 15 is 0 Å².